The Morgan fingerprint density at radius 3 is 2.70 bits per heavy atom. The van der Waals surface area contributed by atoms with Crippen LogP contribution in [0.2, 0.25) is 0 Å². The minimum absolute atomic E-state index is 0.0272. The highest BCUT2D eigenvalue weighted by atomic mass is 32.2. The summed E-state index contributed by atoms with van der Waals surface area (Å²) in [6.45, 7) is 3.77. The molecule has 0 heterocycles. The average Bonchev–Trinajstić information content (AvgIpc) is 2.41. The van der Waals surface area contributed by atoms with Gasteiger partial charge in [0.15, 0.2) is 9.84 Å². The maximum atomic E-state index is 12.6. The van der Waals surface area contributed by atoms with Crippen LogP contribution in [0.3, 0.4) is 0 Å². The molecule has 1 saturated carbocycles. The summed E-state index contributed by atoms with van der Waals surface area (Å²) in [6.07, 6.45) is 4.91. The van der Waals surface area contributed by atoms with Crippen molar-refractivity contribution in [1.29, 1.82) is 0 Å². The summed E-state index contributed by atoms with van der Waals surface area (Å²) in [5.74, 6) is -0.316. The molecule has 2 atom stereocenters. The molecule has 0 aliphatic heterocycles. The van der Waals surface area contributed by atoms with Gasteiger partial charge in [-0.3, -0.25) is 4.79 Å². The van der Waals surface area contributed by atoms with Crippen molar-refractivity contribution in [3.05, 3.63) is 29.3 Å². The second kappa shape index (κ2) is 6.61. The van der Waals surface area contributed by atoms with E-state index in [0.717, 1.165) is 31.2 Å². The smallest absolute Gasteiger partial charge is 0.229 e. The van der Waals surface area contributed by atoms with Crippen molar-refractivity contribution in [2.24, 2.45) is 11.7 Å². The third kappa shape index (κ3) is 4.54. The highest BCUT2D eigenvalue weighted by Crippen LogP contribution is 2.33. The zero-order valence-electron chi connectivity index (χ0n) is 14.1. The number of rotatable bonds is 4. The van der Waals surface area contributed by atoms with Crippen LogP contribution in [0.25, 0.3) is 0 Å². The van der Waals surface area contributed by atoms with Gasteiger partial charge in [0.1, 0.15) is 0 Å². The lowest BCUT2D eigenvalue weighted by atomic mass is 9.74. The molecule has 1 aliphatic rings. The first-order chi connectivity index (χ1) is 10.6. The Kier molecular flexibility index (Phi) is 5.16. The maximum Gasteiger partial charge on any atom is 0.229 e. The molecule has 5 nitrogen and oxygen atoms in total. The van der Waals surface area contributed by atoms with E-state index in [-0.39, 0.29) is 17.6 Å². The Morgan fingerprint density at radius 2 is 2.09 bits per heavy atom. The number of hydrogen-bond donors (Lipinski definition) is 2. The van der Waals surface area contributed by atoms with Gasteiger partial charge in [0.25, 0.3) is 0 Å². The second-order valence-corrected chi connectivity index (χ2v) is 9.09. The summed E-state index contributed by atoms with van der Waals surface area (Å²) in [6, 6.07) is 5.35. The molecule has 1 aromatic rings. The first-order valence-electron chi connectivity index (χ1n) is 7.96. The van der Waals surface area contributed by atoms with Gasteiger partial charge in [-0.2, -0.15) is 0 Å². The highest BCUT2D eigenvalue weighted by molar-refractivity contribution is 7.89. The summed E-state index contributed by atoms with van der Waals surface area (Å²) >= 11 is 0. The van der Waals surface area contributed by atoms with E-state index in [1.807, 2.05) is 13.8 Å². The molecule has 1 aromatic carbocycles. The van der Waals surface area contributed by atoms with E-state index in [1.54, 1.807) is 18.2 Å². The molecule has 23 heavy (non-hydrogen) atoms. The van der Waals surface area contributed by atoms with Gasteiger partial charge in [0.05, 0.1) is 11.7 Å². The largest absolute Gasteiger partial charge is 0.326 e. The molecule has 0 saturated heterocycles. The van der Waals surface area contributed by atoms with Crippen LogP contribution in [0.1, 0.15) is 43.7 Å². The van der Waals surface area contributed by atoms with Gasteiger partial charge in [-0.25, -0.2) is 8.42 Å². The van der Waals surface area contributed by atoms with Gasteiger partial charge < -0.3 is 11.1 Å². The number of nitrogens with two attached hydrogens (primary N) is 1. The van der Waals surface area contributed by atoms with E-state index in [1.165, 1.54) is 6.26 Å². The summed E-state index contributed by atoms with van der Waals surface area (Å²) in [4.78, 5) is 12.6. The highest BCUT2D eigenvalue weighted by Gasteiger charge is 2.37. The van der Waals surface area contributed by atoms with E-state index >= 15 is 0 Å². The molecule has 1 amide bonds. The van der Waals surface area contributed by atoms with Gasteiger partial charge in [-0.05, 0) is 43.9 Å². The molecule has 0 bridgehead atoms. The molecule has 2 rings (SSSR count). The number of anilines is 1. The van der Waals surface area contributed by atoms with Gasteiger partial charge in [0, 0.05) is 17.5 Å². The van der Waals surface area contributed by atoms with Crippen LogP contribution in [0.4, 0.5) is 5.69 Å². The number of sulfone groups is 1. The first-order valence-corrected chi connectivity index (χ1v) is 10.0. The molecule has 1 fully saturated rings. The normalized spacial score (nSPS) is 25.1. The second-order valence-electron chi connectivity index (χ2n) is 6.95. The van der Waals surface area contributed by atoms with E-state index < -0.39 is 15.4 Å². The molecule has 0 radical (unpaired) electrons. The van der Waals surface area contributed by atoms with Crippen LogP contribution in [0.15, 0.2) is 18.2 Å². The Labute approximate surface area is 138 Å². The molecule has 3 N–H and O–H groups in total. The molecule has 6 heteroatoms. The van der Waals surface area contributed by atoms with Crippen molar-refractivity contribution in [3.8, 4) is 0 Å². The van der Waals surface area contributed by atoms with Crippen LogP contribution >= 0.6 is 0 Å². The minimum Gasteiger partial charge on any atom is -0.326 e. The minimum atomic E-state index is -3.12. The van der Waals surface area contributed by atoms with Gasteiger partial charge in [-0.1, -0.05) is 25.0 Å². The molecular formula is C17H26N2O3S. The van der Waals surface area contributed by atoms with Crippen molar-refractivity contribution >= 4 is 21.4 Å². The van der Waals surface area contributed by atoms with Crippen molar-refractivity contribution in [3.63, 3.8) is 0 Å². The SMILES string of the molecule is Cc1c(CS(C)(=O)=O)cccc1NC(=O)C1CCCCC1(C)N. The molecule has 2 unspecified atom stereocenters. The third-order valence-electron chi connectivity index (χ3n) is 4.69. The quantitative estimate of drug-likeness (QED) is 0.882. The predicted octanol–water partition coefficient (Wildman–Crippen LogP) is 2.39. The summed E-state index contributed by atoms with van der Waals surface area (Å²) in [5.41, 5.74) is 7.97. The fourth-order valence-corrected chi connectivity index (χ4v) is 4.14. The topological polar surface area (TPSA) is 89.3 Å². The standard InChI is InChI=1S/C17H26N2O3S/c1-12-13(11-23(3,21)22)7-6-9-15(12)19-16(20)14-8-4-5-10-17(14,2)18/h6-7,9,14H,4-5,8,10-11,18H2,1-3H3,(H,19,20). The zero-order valence-corrected chi connectivity index (χ0v) is 14.9. The molecule has 0 aromatic heterocycles. The number of nitrogens with one attached hydrogen (secondary N) is 1. The zero-order chi connectivity index (χ0) is 17.3. The Balaban J connectivity index is 2.20. The van der Waals surface area contributed by atoms with E-state index in [0.29, 0.717) is 11.3 Å². The van der Waals surface area contributed by atoms with E-state index in [2.05, 4.69) is 5.32 Å². The number of benzene rings is 1. The van der Waals surface area contributed by atoms with Crippen LogP contribution in [0.5, 0.6) is 0 Å². The van der Waals surface area contributed by atoms with Crippen LogP contribution in [0, 0.1) is 12.8 Å². The van der Waals surface area contributed by atoms with Crippen molar-refractivity contribution in [2.45, 2.75) is 50.8 Å². The van der Waals surface area contributed by atoms with E-state index in [9.17, 15) is 13.2 Å². The van der Waals surface area contributed by atoms with Crippen LogP contribution in [-0.2, 0) is 20.4 Å². The van der Waals surface area contributed by atoms with Crippen molar-refractivity contribution in [1.82, 2.24) is 0 Å². The maximum absolute atomic E-state index is 12.6. The third-order valence-corrected chi connectivity index (χ3v) is 5.53. The lowest BCUT2D eigenvalue weighted by Crippen LogP contribution is -2.51. The number of carbonyl (C=O) groups excluding carboxylic acids is 1. The Hall–Kier alpha value is -1.40. The lowest BCUT2D eigenvalue weighted by molar-refractivity contribution is -0.122. The summed E-state index contributed by atoms with van der Waals surface area (Å²) in [5, 5.41) is 2.95. The number of carbonyl (C=O) groups is 1. The monoisotopic (exact) mass is 338 g/mol. The van der Waals surface area contributed by atoms with Crippen molar-refractivity contribution < 1.29 is 13.2 Å². The van der Waals surface area contributed by atoms with Crippen LogP contribution in [-0.4, -0.2) is 26.1 Å². The predicted molar refractivity (Wildman–Crippen MR) is 92.9 cm³/mol. The van der Waals surface area contributed by atoms with Crippen LogP contribution < -0.4 is 11.1 Å². The fraction of sp³-hybridized carbons (Fsp3) is 0.588. The van der Waals surface area contributed by atoms with Gasteiger partial charge in [0.2, 0.25) is 5.91 Å². The Bertz CT molecular complexity index is 696. The fourth-order valence-electron chi connectivity index (χ4n) is 3.27. The molecule has 128 valence electrons. The molecular weight excluding hydrogens is 312 g/mol. The van der Waals surface area contributed by atoms with E-state index in [4.69, 9.17) is 5.73 Å². The van der Waals surface area contributed by atoms with Gasteiger partial charge >= 0.3 is 0 Å². The first kappa shape index (κ1) is 17.9. The lowest BCUT2D eigenvalue weighted by Gasteiger charge is -2.37. The summed E-state index contributed by atoms with van der Waals surface area (Å²) in [7, 11) is -3.12. The van der Waals surface area contributed by atoms with Gasteiger partial charge in [-0.15, -0.1) is 0 Å². The molecule has 0 spiro atoms. The Morgan fingerprint density at radius 1 is 1.39 bits per heavy atom. The summed E-state index contributed by atoms with van der Waals surface area (Å²) < 4.78 is 23.0. The number of amides is 1. The number of hydrogen-bond acceptors (Lipinski definition) is 4. The average molecular weight is 338 g/mol. The molecule has 1 aliphatic carbocycles. The van der Waals surface area contributed by atoms with Crippen molar-refractivity contribution in [2.75, 3.05) is 11.6 Å².